The third kappa shape index (κ3) is 7.80. The molecule has 0 aliphatic rings. The Morgan fingerprint density at radius 2 is 0.806 bits per heavy atom. The van der Waals surface area contributed by atoms with Crippen LogP contribution in [0.15, 0.2) is 91.0 Å². The van der Waals surface area contributed by atoms with Crippen molar-refractivity contribution in [2.75, 3.05) is 19.8 Å². The van der Waals surface area contributed by atoms with Crippen LogP contribution in [0.3, 0.4) is 0 Å². The molecule has 0 saturated carbocycles. The first-order valence-corrected chi connectivity index (χ1v) is 19.4. The minimum atomic E-state index is -4.52. The van der Waals surface area contributed by atoms with Gasteiger partial charge in [-0.3, -0.25) is 0 Å². The molecule has 0 fully saturated rings. The summed E-state index contributed by atoms with van der Waals surface area (Å²) in [6.07, 6.45) is 5.99. The molecule has 0 spiro atoms. The average Bonchev–Trinajstić information content (AvgIpc) is 2.94. The van der Waals surface area contributed by atoms with Gasteiger partial charge in [-0.1, -0.05) is 0 Å². The summed E-state index contributed by atoms with van der Waals surface area (Å²) in [4.78, 5) is 0. The Bertz CT molecular complexity index is 849. The standard InChI is InChI=1S/C18H15OSi.3C4H9O.Zr/c19-20(16-10-4-1-5-11-16,17-12-6-2-7-13-17)18-14-8-3-9-15-18;3*1-2-3-4-5;/h1-15H;3*2-4H2,1H3;/q4*-1;+4. The Morgan fingerprint density at radius 1 is 0.500 bits per heavy atom. The normalized spacial score (nSPS) is 12.1. The summed E-state index contributed by atoms with van der Waals surface area (Å²) < 4.78 is 27.5. The van der Waals surface area contributed by atoms with Crippen molar-refractivity contribution < 1.29 is 33.0 Å². The van der Waals surface area contributed by atoms with Crippen LogP contribution in [-0.2, 0) is 33.0 Å². The first-order chi connectivity index (χ1) is 17.7. The van der Waals surface area contributed by atoms with Crippen molar-refractivity contribution in [3.05, 3.63) is 91.0 Å². The van der Waals surface area contributed by atoms with E-state index in [1.54, 1.807) is 0 Å². The number of hydrogen-bond acceptors (Lipinski definition) is 4. The van der Waals surface area contributed by atoms with Crippen molar-refractivity contribution >= 4 is 23.9 Å². The van der Waals surface area contributed by atoms with E-state index in [4.69, 9.17) is 10.9 Å². The second-order valence-electron chi connectivity index (χ2n) is 8.99. The molecule has 0 unspecified atom stereocenters. The molecule has 4 nitrogen and oxygen atoms in total. The number of benzene rings is 3. The monoisotopic (exact) mass is 584 g/mol. The summed E-state index contributed by atoms with van der Waals surface area (Å²) in [5.74, 6) is 0. The van der Waals surface area contributed by atoms with Gasteiger partial charge in [-0.25, -0.2) is 0 Å². The van der Waals surface area contributed by atoms with E-state index in [-0.39, 0.29) is 0 Å². The van der Waals surface area contributed by atoms with E-state index in [1.807, 2.05) is 0 Å². The van der Waals surface area contributed by atoms with E-state index < -0.39 is 30.3 Å². The van der Waals surface area contributed by atoms with Gasteiger partial charge in [-0.05, 0) is 0 Å². The van der Waals surface area contributed by atoms with Gasteiger partial charge in [0.25, 0.3) is 0 Å². The van der Waals surface area contributed by atoms with Crippen molar-refractivity contribution in [3.63, 3.8) is 0 Å². The predicted octanol–water partition coefficient (Wildman–Crippen LogP) is 5.93. The Morgan fingerprint density at radius 3 is 1.08 bits per heavy atom. The summed E-state index contributed by atoms with van der Waals surface area (Å²) in [5, 5.41) is 3.50. The Balaban J connectivity index is 2.21. The van der Waals surface area contributed by atoms with Gasteiger partial charge in [0.05, 0.1) is 0 Å². The van der Waals surface area contributed by atoms with Crippen LogP contribution in [0.25, 0.3) is 0 Å². The SMILES string of the molecule is CCCC[O][Zr]([O]CCCC)([O]CCCC)[O][Si](c1ccccc1)(c1ccccc1)c1ccccc1. The van der Waals surface area contributed by atoms with Crippen molar-refractivity contribution in [1.29, 1.82) is 0 Å². The number of unbranched alkanes of at least 4 members (excludes halogenated alkanes) is 3. The average molecular weight is 586 g/mol. The molecule has 0 aliphatic heterocycles. The fourth-order valence-electron chi connectivity index (χ4n) is 4.12. The quantitative estimate of drug-likeness (QED) is 0.112. The summed E-state index contributed by atoms with van der Waals surface area (Å²) in [7, 11) is -3.02. The number of rotatable bonds is 17. The van der Waals surface area contributed by atoms with Crippen LogP contribution < -0.4 is 15.6 Å². The molecule has 0 atom stereocenters. The third-order valence-corrected chi connectivity index (χ3v) is 18.4. The number of hydrogen-bond donors (Lipinski definition) is 0. The molecule has 3 aromatic carbocycles. The molecule has 0 heterocycles. The van der Waals surface area contributed by atoms with Gasteiger partial charge < -0.3 is 0 Å². The van der Waals surface area contributed by atoms with E-state index in [1.165, 1.54) is 15.6 Å². The summed E-state index contributed by atoms with van der Waals surface area (Å²) in [6.45, 7) is 8.30. The Labute approximate surface area is 226 Å². The van der Waals surface area contributed by atoms with E-state index >= 15 is 0 Å². The molecule has 0 aliphatic carbocycles. The van der Waals surface area contributed by atoms with E-state index in [2.05, 4.69) is 112 Å². The van der Waals surface area contributed by atoms with Gasteiger partial charge in [0, 0.05) is 0 Å². The molecule has 0 N–H and O–H groups in total. The molecule has 0 amide bonds. The van der Waals surface area contributed by atoms with Crippen LogP contribution in [-0.4, -0.2) is 28.1 Å². The molecule has 3 rings (SSSR count). The molecule has 0 radical (unpaired) electrons. The fraction of sp³-hybridized carbons (Fsp3) is 0.400. The van der Waals surface area contributed by atoms with Crippen LogP contribution in [0, 0.1) is 0 Å². The Hall–Kier alpha value is -1.40. The van der Waals surface area contributed by atoms with E-state index in [9.17, 15) is 0 Å². The first-order valence-electron chi connectivity index (χ1n) is 13.5. The minimum absolute atomic E-state index is 0.591. The van der Waals surface area contributed by atoms with Crippen LogP contribution in [0.2, 0.25) is 0 Å². The van der Waals surface area contributed by atoms with Gasteiger partial charge in [-0.15, -0.1) is 0 Å². The molecule has 0 saturated heterocycles. The van der Waals surface area contributed by atoms with Gasteiger partial charge >= 0.3 is 227 Å². The zero-order valence-electron chi connectivity index (χ0n) is 22.2. The first kappa shape index (κ1) is 29.2. The summed E-state index contributed by atoms with van der Waals surface area (Å²) in [5.41, 5.74) is 0. The molecular formula is C30H42O4SiZr. The summed E-state index contributed by atoms with van der Waals surface area (Å²) in [6, 6.07) is 31.9. The van der Waals surface area contributed by atoms with Crippen molar-refractivity contribution in [1.82, 2.24) is 0 Å². The van der Waals surface area contributed by atoms with E-state index in [0.717, 1.165) is 38.5 Å². The van der Waals surface area contributed by atoms with Gasteiger partial charge in [0.15, 0.2) is 0 Å². The fourth-order valence-corrected chi connectivity index (χ4v) is 18.2. The maximum absolute atomic E-state index is 7.51. The van der Waals surface area contributed by atoms with Crippen LogP contribution in [0.5, 0.6) is 0 Å². The Kier molecular flexibility index (Phi) is 12.8. The zero-order chi connectivity index (χ0) is 25.5. The molecule has 0 aromatic heterocycles. The van der Waals surface area contributed by atoms with Gasteiger partial charge in [0.1, 0.15) is 0 Å². The molecule has 6 heteroatoms. The molecule has 36 heavy (non-hydrogen) atoms. The molecule has 3 aromatic rings. The van der Waals surface area contributed by atoms with Gasteiger partial charge in [0.2, 0.25) is 0 Å². The third-order valence-electron chi connectivity index (χ3n) is 6.15. The van der Waals surface area contributed by atoms with Crippen LogP contribution in [0.4, 0.5) is 0 Å². The van der Waals surface area contributed by atoms with Gasteiger partial charge in [-0.2, -0.15) is 0 Å². The van der Waals surface area contributed by atoms with Crippen molar-refractivity contribution in [3.8, 4) is 0 Å². The topological polar surface area (TPSA) is 36.9 Å². The maximum atomic E-state index is 7.51. The van der Waals surface area contributed by atoms with Crippen molar-refractivity contribution in [2.24, 2.45) is 0 Å². The second-order valence-corrected chi connectivity index (χ2v) is 18.4. The molecular weight excluding hydrogens is 544 g/mol. The zero-order valence-corrected chi connectivity index (χ0v) is 25.6. The van der Waals surface area contributed by atoms with Crippen LogP contribution >= 0.6 is 0 Å². The summed E-state index contributed by atoms with van der Waals surface area (Å²) >= 11 is -4.52. The predicted molar refractivity (Wildman–Crippen MR) is 148 cm³/mol. The van der Waals surface area contributed by atoms with Crippen LogP contribution in [0.1, 0.15) is 59.3 Å². The molecule has 194 valence electrons. The van der Waals surface area contributed by atoms with E-state index in [0.29, 0.717) is 19.8 Å². The molecule has 0 bridgehead atoms. The van der Waals surface area contributed by atoms with Crippen molar-refractivity contribution in [2.45, 2.75) is 59.3 Å². The second kappa shape index (κ2) is 15.8.